The normalized spacial score (nSPS) is 10.6. The molecule has 0 aromatic heterocycles. The van der Waals surface area contributed by atoms with E-state index in [-0.39, 0.29) is 18.2 Å². The van der Waals surface area contributed by atoms with Gasteiger partial charge in [-0.2, -0.15) is 0 Å². The van der Waals surface area contributed by atoms with E-state index >= 15 is 0 Å². The number of carbonyl (C=O) groups excluding carboxylic acids is 2. The number of ether oxygens (including phenoxy) is 1. The Kier molecular flexibility index (Phi) is 7.63. The molecule has 0 unspecified atom stereocenters. The van der Waals surface area contributed by atoms with Crippen molar-refractivity contribution in [2.24, 2.45) is 0 Å². The SMILES string of the molecule is CCCOC(=O)c1ccc(Cl)c(NC(=O)CC(c2ccccc2)c2ccccc2)c1. The van der Waals surface area contributed by atoms with E-state index in [9.17, 15) is 9.59 Å². The highest BCUT2D eigenvalue weighted by Gasteiger charge is 2.19. The van der Waals surface area contributed by atoms with Crippen LogP contribution in [0.2, 0.25) is 5.02 Å². The van der Waals surface area contributed by atoms with Crippen molar-refractivity contribution in [2.45, 2.75) is 25.7 Å². The summed E-state index contributed by atoms with van der Waals surface area (Å²) < 4.78 is 5.16. The molecular formula is C25H24ClNO3. The molecule has 0 fully saturated rings. The molecule has 3 aromatic rings. The third-order valence-electron chi connectivity index (χ3n) is 4.71. The van der Waals surface area contributed by atoms with E-state index in [4.69, 9.17) is 16.3 Å². The predicted octanol–water partition coefficient (Wildman–Crippen LogP) is 6.07. The zero-order valence-corrected chi connectivity index (χ0v) is 17.6. The molecule has 0 aliphatic rings. The molecule has 0 heterocycles. The van der Waals surface area contributed by atoms with Gasteiger partial charge >= 0.3 is 5.97 Å². The lowest BCUT2D eigenvalue weighted by molar-refractivity contribution is -0.116. The summed E-state index contributed by atoms with van der Waals surface area (Å²) in [5.74, 6) is -0.715. The van der Waals surface area contributed by atoms with Crippen molar-refractivity contribution in [3.8, 4) is 0 Å². The minimum absolute atomic E-state index is 0.0936. The minimum Gasteiger partial charge on any atom is -0.462 e. The predicted molar refractivity (Wildman–Crippen MR) is 120 cm³/mol. The van der Waals surface area contributed by atoms with E-state index in [1.165, 1.54) is 0 Å². The molecule has 0 saturated heterocycles. The average molecular weight is 422 g/mol. The summed E-state index contributed by atoms with van der Waals surface area (Å²) in [7, 11) is 0. The fourth-order valence-corrected chi connectivity index (χ4v) is 3.38. The van der Waals surface area contributed by atoms with Gasteiger partial charge in [-0.3, -0.25) is 4.79 Å². The lowest BCUT2D eigenvalue weighted by Gasteiger charge is -2.18. The van der Waals surface area contributed by atoms with Crippen LogP contribution in [0.15, 0.2) is 78.9 Å². The van der Waals surface area contributed by atoms with Gasteiger partial charge in [-0.05, 0) is 35.7 Å². The molecule has 0 bridgehead atoms. The summed E-state index contributed by atoms with van der Waals surface area (Å²) in [5, 5.41) is 3.22. The molecule has 154 valence electrons. The van der Waals surface area contributed by atoms with Gasteiger partial charge in [0.05, 0.1) is 22.9 Å². The van der Waals surface area contributed by atoms with Crippen molar-refractivity contribution >= 4 is 29.2 Å². The Labute approximate surface area is 181 Å². The maximum atomic E-state index is 12.9. The summed E-state index contributed by atoms with van der Waals surface area (Å²) in [6.07, 6.45) is 0.984. The van der Waals surface area contributed by atoms with Crippen LogP contribution in [0.25, 0.3) is 0 Å². The Morgan fingerprint density at radius 3 is 2.10 bits per heavy atom. The Bertz CT molecular complexity index is 950. The monoisotopic (exact) mass is 421 g/mol. The summed E-state index contributed by atoms with van der Waals surface area (Å²) in [6, 6.07) is 24.6. The van der Waals surface area contributed by atoms with Crippen molar-refractivity contribution in [3.63, 3.8) is 0 Å². The number of amides is 1. The number of nitrogens with one attached hydrogen (secondary N) is 1. The maximum absolute atomic E-state index is 12.9. The minimum atomic E-state index is -0.435. The molecule has 0 saturated carbocycles. The van der Waals surface area contributed by atoms with E-state index in [0.29, 0.717) is 22.9 Å². The van der Waals surface area contributed by atoms with Crippen LogP contribution in [-0.2, 0) is 9.53 Å². The largest absolute Gasteiger partial charge is 0.462 e. The number of benzene rings is 3. The summed E-state index contributed by atoms with van der Waals surface area (Å²) in [6.45, 7) is 2.27. The first kappa shape index (κ1) is 21.6. The van der Waals surface area contributed by atoms with Gasteiger partial charge in [0.15, 0.2) is 0 Å². The van der Waals surface area contributed by atoms with Crippen LogP contribution in [0, 0.1) is 0 Å². The number of esters is 1. The molecule has 0 aliphatic carbocycles. The molecule has 30 heavy (non-hydrogen) atoms. The molecule has 5 heteroatoms. The Morgan fingerprint density at radius 2 is 1.53 bits per heavy atom. The molecule has 0 aliphatic heterocycles. The summed E-state index contributed by atoms with van der Waals surface area (Å²) >= 11 is 6.25. The standard InChI is InChI=1S/C25H24ClNO3/c1-2-15-30-25(29)20-13-14-22(26)23(16-20)27-24(28)17-21(18-9-5-3-6-10-18)19-11-7-4-8-12-19/h3-14,16,21H,2,15,17H2,1H3,(H,27,28). The molecule has 0 radical (unpaired) electrons. The molecule has 0 atom stereocenters. The first-order valence-corrected chi connectivity index (χ1v) is 10.3. The number of hydrogen-bond donors (Lipinski definition) is 1. The highest BCUT2D eigenvalue weighted by molar-refractivity contribution is 6.33. The van der Waals surface area contributed by atoms with Crippen LogP contribution in [0.4, 0.5) is 5.69 Å². The second-order valence-corrected chi connectivity index (χ2v) is 7.36. The highest BCUT2D eigenvalue weighted by atomic mass is 35.5. The second kappa shape index (κ2) is 10.6. The van der Waals surface area contributed by atoms with E-state index in [1.807, 2.05) is 67.6 Å². The number of rotatable bonds is 8. The zero-order valence-electron chi connectivity index (χ0n) is 16.8. The topological polar surface area (TPSA) is 55.4 Å². The summed E-state index contributed by atoms with van der Waals surface area (Å²) in [4.78, 5) is 25.0. The van der Waals surface area contributed by atoms with Gasteiger partial charge in [0.1, 0.15) is 0 Å². The molecule has 1 amide bonds. The van der Waals surface area contributed by atoms with Gasteiger partial charge in [0.25, 0.3) is 0 Å². The van der Waals surface area contributed by atoms with Gasteiger partial charge in [0.2, 0.25) is 5.91 Å². The molecule has 0 spiro atoms. The third kappa shape index (κ3) is 5.71. The van der Waals surface area contributed by atoms with Crippen LogP contribution in [-0.4, -0.2) is 18.5 Å². The van der Waals surface area contributed by atoms with Crippen LogP contribution < -0.4 is 5.32 Å². The lowest BCUT2D eigenvalue weighted by atomic mass is 9.88. The van der Waals surface area contributed by atoms with Crippen molar-refractivity contribution in [1.29, 1.82) is 0 Å². The number of halogens is 1. The quantitative estimate of drug-likeness (QED) is 0.449. The van der Waals surface area contributed by atoms with Crippen LogP contribution in [0.1, 0.15) is 47.2 Å². The smallest absolute Gasteiger partial charge is 0.338 e. The highest BCUT2D eigenvalue weighted by Crippen LogP contribution is 2.29. The molecule has 3 rings (SSSR count). The first-order valence-electron chi connectivity index (χ1n) is 9.95. The van der Waals surface area contributed by atoms with Gasteiger partial charge in [-0.1, -0.05) is 79.2 Å². The van der Waals surface area contributed by atoms with Crippen molar-refractivity contribution < 1.29 is 14.3 Å². The molecular weight excluding hydrogens is 398 g/mol. The lowest BCUT2D eigenvalue weighted by Crippen LogP contribution is -2.17. The zero-order chi connectivity index (χ0) is 21.3. The Balaban J connectivity index is 1.78. The van der Waals surface area contributed by atoms with Crippen molar-refractivity contribution in [2.75, 3.05) is 11.9 Å². The average Bonchev–Trinajstić information content (AvgIpc) is 2.78. The molecule has 3 aromatic carbocycles. The Morgan fingerprint density at radius 1 is 0.933 bits per heavy atom. The van der Waals surface area contributed by atoms with Gasteiger partial charge in [-0.25, -0.2) is 4.79 Å². The molecule has 4 nitrogen and oxygen atoms in total. The van der Waals surface area contributed by atoms with Crippen LogP contribution >= 0.6 is 11.6 Å². The van der Waals surface area contributed by atoms with Gasteiger partial charge in [-0.15, -0.1) is 0 Å². The van der Waals surface area contributed by atoms with E-state index < -0.39 is 5.97 Å². The van der Waals surface area contributed by atoms with Crippen LogP contribution in [0.3, 0.4) is 0 Å². The Hall–Kier alpha value is -3.11. The van der Waals surface area contributed by atoms with Gasteiger partial charge < -0.3 is 10.1 Å². The fourth-order valence-electron chi connectivity index (χ4n) is 3.21. The van der Waals surface area contributed by atoms with E-state index in [0.717, 1.165) is 17.5 Å². The van der Waals surface area contributed by atoms with Gasteiger partial charge in [0, 0.05) is 12.3 Å². The van der Waals surface area contributed by atoms with Crippen molar-refractivity contribution in [1.82, 2.24) is 0 Å². The summed E-state index contributed by atoms with van der Waals surface area (Å²) in [5.41, 5.74) is 2.86. The van der Waals surface area contributed by atoms with E-state index in [1.54, 1.807) is 18.2 Å². The fraction of sp³-hybridized carbons (Fsp3) is 0.200. The number of carbonyl (C=O) groups is 2. The van der Waals surface area contributed by atoms with Crippen molar-refractivity contribution in [3.05, 3.63) is 101 Å². The van der Waals surface area contributed by atoms with E-state index in [2.05, 4.69) is 5.32 Å². The number of hydrogen-bond acceptors (Lipinski definition) is 3. The van der Waals surface area contributed by atoms with Crippen LogP contribution in [0.5, 0.6) is 0 Å². The number of anilines is 1. The third-order valence-corrected chi connectivity index (χ3v) is 5.04. The first-order chi connectivity index (χ1) is 14.6. The second-order valence-electron chi connectivity index (χ2n) is 6.96. The molecule has 1 N–H and O–H groups in total. The maximum Gasteiger partial charge on any atom is 0.338 e.